The lowest BCUT2D eigenvalue weighted by atomic mass is 9.90. The van der Waals surface area contributed by atoms with Gasteiger partial charge in [-0.25, -0.2) is 0 Å². The number of carbonyl (C=O) groups excluding carboxylic acids is 2. The van der Waals surface area contributed by atoms with E-state index in [-0.39, 0.29) is 17.7 Å². The number of imide groups is 1. The zero-order chi connectivity index (χ0) is 11.3. The SMILES string of the molecule is C=C/C=C(\C=NC)C1CCC(=O)NC1=O. The van der Waals surface area contributed by atoms with Crippen molar-refractivity contribution in [2.45, 2.75) is 12.8 Å². The molecule has 0 bridgehead atoms. The fourth-order valence-corrected chi connectivity index (χ4v) is 1.55. The average Bonchev–Trinajstić information content (AvgIpc) is 2.17. The fourth-order valence-electron chi connectivity index (χ4n) is 1.55. The number of nitrogens with zero attached hydrogens (tertiary/aromatic N) is 1. The Bertz CT molecular complexity index is 342. The van der Waals surface area contributed by atoms with Gasteiger partial charge in [-0.3, -0.25) is 19.9 Å². The Labute approximate surface area is 88.8 Å². The second-order valence-electron chi connectivity index (χ2n) is 3.29. The molecule has 4 heteroatoms. The Morgan fingerprint density at radius 3 is 2.87 bits per heavy atom. The number of allylic oxidation sites excluding steroid dienone is 2. The van der Waals surface area contributed by atoms with Gasteiger partial charge in [0.05, 0.1) is 5.92 Å². The van der Waals surface area contributed by atoms with E-state index >= 15 is 0 Å². The van der Waals surface area contributed by atoms with Crippen LogP contribution in [0.15, 0.2) is 29.3 Å². The fraction of sp³-hybridized carbons (Fsp3) is 0.364. The zero-order valence-corrected chi connectivity index (χ0v) is 8.69. The molecule has 0 aromatic heterocycles. The van der Waals surface area contributed by atoms with Crippen LogP contribution in [0.4, 0.5) is 0 Å². The minimum Gasteiger partial charge on any atom is -0.296 e. The highest BCUT2D eigenvalue weighted by Gasteiger charge is 2.28. The molecule has 1 heterocycles. The number of carbonyl (C=O) groups is 2. The third-order valence-corrected chi connectivity index (χ3v) is 2.23. The zero-order valence-electron chi connectivity index (χ0n) is 8.69. The van der Waals surface area contributed by atoms with Crippen LogP contribution in [-0.4, -0.2) is 25.1 Å². The first-order chi connectivity index (χ1) is 7.19. The molecule has 15 heavy (non-hydrogen) atoms. The molecular formula is C11H14N2O2. The maximum atomic E-state index is 11.5. The number of piperidine rings is 1. The Balaban J connectivity index is 2.85. The number of aliphatic imine (C=N–C) groups is 1. The average molecular weight is 206 g/mol. The number of rotatable bonds is 3. The van der Waals surface area contributed by atoms with E-state index in [2.05, 4.69) is 16.9 Å². The van der Waals surface area contributed by atoms with E-state index in [0.717, 1.165) is 5.57 Å². The summed E-state index contributed by atoms with van der Waals surface area (Å²) < 4.78 is 0. The highest BCUT2D eigenvalue weighted by atomic mass is 16.2. The van der Waals surface area contributed by atoms with Crippen LogP contribution in [0.2, 0.25) is 0 Å². The molecule has 1 rings (SSSR count). The van der Waals surface area contributed by atoms with Crippen molar-refractivity contribution in [1.82, 2.24) is 5.32 Å². The molecule has 0 aliphatic carbocycles. The van der Waals surface area contributed by atoms with Crippen LogP contribution >= 0.6 is 0 Å². The third kappa shape index (κ3) is 2.87. The number of hydrogen-bond donors (Lipinski definition) is 1. The summed E-state index contributed by atoms with van der Waals surface area (Å²) in [7, 11) is 1.64. The molecule has 1 aliphatic heterocycles. The Hall–Kier alpha value is -1.71. The van der Waals surface area contributed by atoms with E-state index < -0.39 is 0 Å². The Kier molecular flexibility index (Phi) is 3.97. The van der Waals surface area contributed by atoms with Gasteiger partial charge >= 0.3 is 0 Å². The molecule has 1 fully saturated rings. The van der Waals surface area contributed by atoms with Gasteiger partial charge in [-0.15, -0.1) is 0 Å². The van der Waals surface area contributed by atoms with Gasteiger partial charge < -0.3 is 0 Å². The first kappa shape index (κ1) is 11.4. The molecule has 4 nitrogen and oxygen atoms in total. The van der Waals surface area contributed by atoms with E-state index in [0.29, 0.717) is 12.8 Å². The van der Waals surface area contributed by atoms with Crippen molar-refractivity contribution in [3.8, 4) is 0 Å². The Morgan fingerprint density at radius 1 is 1.60 bits per heavy atom. The molecule has 0 aromatic rings. The van der Waals surface area contributed by atoms with Crippen molar-refractivity contribution in [2.75, 3.05) is 7.05 Å². The molecule has 80 valence electrons. The molecule has 1 atom stereocenters. The summed E-state index contributed by atoms with van der Waals surface area (Å²) in [6.45, 7) is 3.58. The molecule has 0 saturated carbocycles. The Morgan fingerprint density at radius 2 is 2.33 bits per heavy atom. The predicted octanol–water partition coefficient (Wildman–Crippen LogP) is 0.852. The molecule has 1 saturated heterocycles. The lowest BCUT2D eigenvalue weighted by Gasteiger charge is -2.21. The number of nitrogens with one attached hydrogen (secondary N) is 1. The minimum atomic E-state index is -0.288. The highest BCUT2D eigenvalue weighted by molar-refractivity contribution is 6.02. The van der Waals surface area contributed by atoms with E-state index in [1.807, 2.05) is 0 Å². The van der Waals surface area contributed by atoms with Crippen molar-refractivity contribution < 1.29 is 9.59 Å². The van der Waals surface area contributed by atoms with E-state index in [1.54, 1.807) is 25.4 Å². The summed E-state index contributed by atoms with van der Waals surface area (Å²) in [5.41, 5.74) is 0.789. The second kappa shape index (κ2) is 5.24. The highest BCUT2D eigenvalue weighted by Crippen LogP contribution is 2.19. The van der Waals surface area contributed by atoms with Crippen LogP contribution in [0.1, 0.15) is 12.8 Å². The summed E-state index contributed by atoms with van der Waals surface area (Å²) in [5.74, 6) is -0.744. The van der Waals surface area contributed by atoms with Crippen molar-refractivity contribution in [1.29, 1.82) is 0 Å². The normalized spacial score (nSPS) is 23.0. The predicted molar refractivity (Wildman–Crippen MR) is 58.6 cm³/mol. The maximum absolute atomic E-state index is 11.5. The summed E-state index contributed by atoms with van der Waals surface area (Å²) in [4.78, 5) is 26.4. The smallest absolute Gasteiger partial charge is 0.234 e. The van der Waals surface area contributed by atoms with E-state index in [4.69, 9.17) is 0 Å². The molecular weight excluding hydrogens is 192 g/mol. The van der Waals surface area contributed by atoms with Gasteiger partial charge in [0.15, 0.2) is 0 Å². The van der Waals surface area contributed by atoms with Gasteiger partial charge in [0.2, 0.25) is 11.8 Å². The van der Waals surface area contributed by atoms with Crippen molar-refractivity contribution >= 4 is 18.0 Å². The summed E-state index contributed by atoms with van der Waals surface area (Å²) in [6.07, 6.45) is 5.90. The topological polar surface area (TPSA) is 58.5 Å². The molecule has 0 radical (unpaired) electrons. The molecule has 1 aliphatic rings. The van der Waals surface area contributed by atoms with Crippen molar-refractivity contribution in [3.63, 3.8) is 0 Å². The first-order valence-electron chi connectivity index (χ1n) is 4.77. The van der Waals surface area contributed by atoms with E-state index in [9.17, 15) is 9.59 Å². The molecule has 0 spiro atoms. The molecule has 2 amide bonds. The van der Waals surface area contributed by atoms with Gasteiger partial charge in [-0.05, 0) is 12.0 Å². The van der Waals surface area contributed by atoms with Crippen LogP contribution in [-0.2, 0) is 9.59 Å². The molecule has 1 N–H and O–H groups in total. The van der Waals surface area contributed by atoms with Gasteiger partial charge in [0, 0.05) is 19.7 Å². The van der Waals surface area contributed by atoms with Crippen LogP contribution in [0.25, 0.3) is 0 Å². The number of amides is 2. The first-order valence-corrected chi connectivity index (χ1v) is 4.77. The van der Waals surface area contributed by atoms with Crippen molar-refractivity contribution in [2.24, 2.45) is 10.9 Å². The van der Waals surface area contributed by atoms with Crippen LogP contribution in [0, 0.1) is 5.92 Å². The van der Waals surface area contributed by atoms with Gasteiger partial charge in [0.1, 0.15) is 0 Å². The van der Waals surface area contributed by atoms with Crippen LogP contribution in [0.5, 0.6) is 0 Å². The van der Waals surface area contributed by atoms with Gasteiger partial charge in [-0.1, -0.05) is 18.7 Å². The molecule has 1 unspecified atom stereocenters. The summed E-state index contributed by atoms with van der Waals surface area (Å²) >= 11 is 0. The molecule has 0 aromatic carbocycles. The largest absolute Gasteiger partial charge is 0.296 e. The quantitative estimate of drug-likeness (QED) is 0.423. The van der Waals surface area contributed by atoms with Crippen LogP contribution < -0.4 is 5.32 Å². The number of hydrogen-bond acceptors (Lipinski definition) is 3. The van der Waals surface area contributed by atoms with Gasteiger partial charge in [-0.2, -0.15) is 0 Å². The standard InChI is InChI=1S/C11H14N2O2/c1-3-4-8(7-12-2)9-5-6-10(14)13-11(9)15/h3-4,7,9H,1,5-6H2,2H3,(H,13,14,15)/b8-4+,12-7?. The second-order valence-corrected chi connectivity index (χ2v) is 3.29. The lowest BCUT2D eigenvalue weighted by Crippen LogP contribution is -2.41. The van der Waals surface area contributed by atoms with E-state index in [1.165, 1.54) is 0 Å². The van der Waals surface area contributed by atoms with Crippen molar-refractivity contribution in [3.05, 3.63) is 24.3 Å². The monoisotopic (exact) mass is 206 g/mol. The van der Waals surface area contributed by atoms with Crippen LogP contribution in [0.3, 0.4) is 0 Å². The summed E-state index contributed by atoms with van der Waals surface area (Å²) in [5, 5.41) is 2.31. The maximum Gasteiger partial charge on any atom is 0.234 e. The third-order valence-electron chi connectivity index (χ3n) is 2.23. The lowest BCUT2D eigenvalue weighted by molar-refractivity contribution is -0.135. The summed E-state index contributed by atoms with van der Waals surface area (Å²) in [6, 6.07) is 0. The minimum absolute atomic E-state index is 0.206. The van der Waals surface area contributed by atoms with Gasteiger partial charge in [0.25, 0.3) is 0 Å².